The minimum Gasteiger partial charge on any atom is -0.496 e. The van der Waals surface area contributed by atoms with E-state index in [4.69, 9.17) is 57.0 Å². The molecular formula is C37H38Cl2N2O9S. The lowest BCUT2D eigenvalue weighted by atomic mass is 9.85. The average Bonchev–Trinajstić information content (AvgIpc) is 3.54. The predicted octanol–water partition coefficient (Wildman–Crippen LogP) is 6.22. The number of methoxy groups -OCH3 is 3. The zero-order valence-corrected chi connectivity index (χ0v) is 30.6. The van der Waals surface area contributed by atoms with Gasteiger partial charge in [0, 0.05) is 52.8 Å². The lowest BCUT2D eigenvalue weighted by Gasteiger charge is -2.31. The second-order valence-corrected chi connectivity index (χ2v) is 14.5. The zero-order valence-electron chi connectivity index (χ0n) is 28.2. The molecular weight excluding hydrogens is 719 g/mol. The summed E-state index contributed by atoms with van der Waals surface area (Å²) in [7, 11) is 0.597. The van der Waals surface area contributed by atoms with Gasteiger partial charge in [-0.1, -0.05) is 47.5 Å². The van der Waals surface area contributed by atoms with E-state index in [0.717, 1.165) is 0 Å². The smallest absolute Gasteiger partial charge is 0.252 e. The van der Waals surface area contributed by atoms with Crippen molar-refractivity contribution in [2.24, 2.45) is 4.99 Å². The molecule has 0 saturated carbocycles. The highest BCUT2D eigenvalue weighted by Crippen LogP contribution is 2.46. The molecule has 1 amide bonds. The molecule has 1 heterocycles. The molecule has 51 heavy (non-hydrogen) atoms. The number of amides is 1. The number of nitrogens with one attached hydrogen (secondary N) is 1. The number of aliphatic imine (C=N–C) groups is 1. The van der Waals surface area contributed by atoms with Crippen molar-refractivity contribution < 1.29 is 42.0 Å². The molecule has 2 atom stereocenters. The average molecular weight is 758 g/mol. The number of carbonyl (C=O) groups excluding carboxylic acids is 1. The lowest BCUT2D eigenvalue weighted by molar-refractivity contribution is -0.129. The summed E-state index contributed by atoms with van der Waals surface area (Å²) in [5.41, 5.74) is -0.422. The number of sulfone groups is 1. The Labute approximate surface area is 307 Å². The molecule has 0 aliphatic carbocycles. The Bertz CT molecular complexity index is 1950. The van der Waals surface area contributed by atoms with E-state index in [2.05, 4.69) is 5.32 Å². The summed E-state index contributed by atoms with van der Waals surface area (Å²) in [5, 5.41) is 12.6. The van der Waals surface area contributed by atoms with E-state index < -0.39 is 33.1 Å². The molecule has 0 spiro atoms. The van der Waals surface area contributed by atoms with Crippen molar-refractivity contribution >= 4 is 44.8 Å². The third kappa shape index (κ3) is 8.53. The van der Waals surface area contributed by atoms with Crippen molar-refractivity contribution in [2.45, 2.75) is 35.9 Å². The fraction of sp³-hybridized carbons (Fsp3) is 0.297. The third-order valence-electron chi connectivity index (χ3n) is 8.37. The highest BCUT2D eigenvalue weighted by molar-refractivity contribution is 7.91. The van der Waals surface area contributed by atoms with Crippen LogP contribution in [0.3, 0.4) is 0 Å². The molecule has 14 heteroatoms. The van der Waals surface area contributed by atoms with Gasteiger partial charge in [0.2, 0.25) is 5.90 Å². The molecule has 4 aromatic rings. The molecule has 0 bridgehead atoms. The van der Waals surface area contributed by atoms with Gasteiger partial charge in [0.25, 0.3) is 5.91 Å². The van der Waals surface area contributed by atoms with Crippen molar-refractivity contribution in [1.82, 2.24) is 5.32 Å². The van der Waals surface area contributed by atoms with Gasteiger partial charge in [-0.25, -0.2) is 13.4 Å². The van der Waals surface area contributed by atoms with E-state index in [1.165, 1.54) is 39.5 Å². The quantitative estimate of drug-likeness (QED) is 0.128. The SMILES string of the molecule is COc1cc(OC)c(CNC(=O)[C@]2(CCS(=O)(=O)c3ccccc3)N=C(c3ccc(OCCCO)cc3)O[C@@H]2c2ccc(Cl)cc2Cl)c(OC)c1. The molecule has 1 aliphatic heterocycles. The topological polar surface area (TPSA) is 142 Å². The van der Waals surface area contributed by atoms with Crippen LogP contribution in [-0.2, 0) is 25.9 Å². The number of hydrogen-bond donors (Lipinski definition) is 2. The van der Waals surface area contributed by atoms with Crippen LogP contribution in [0.4, 0.5) is 0 Å². The van der Waals surface area contributed by atoms with Gasteiger partial charge < -0.3 is 34.1 Å². The Kier molecular flexibility index (Phi) is 12.4. The van der Waals surface area contributed by atoms with Gasteiger partial charge in [0.1, 0.15) is 23.0 Å². The minimum atomic E-state index is -3.88. The number of nitrogens with zero attached hydrogens (tertiary/aromatic N) is 1. The van der Waals surface area contributed by atoms with Crippen LogP contribution in [0, 0.1) is 0 Å². The normalized spacial score (nSPS) is 16.9. The molecule has 0 saturated heterocycles. The molecule has 0 unspecified atom stereocenters. The van der Waals surface area contributed by atoms with Crippen molar-refractivity contribution in [3.8, 4) is 23.0 Å². The Morgan fingerprint density at radius 1 is 0.922 bits per heavy atom. The number of aliphatic hydroxyl groups is 1. The number of rotatable bonds is 16. The minimum absolute atomic E-state index is 0.000454. The van der Waals surface area contributed by atoms with Crippen LogP contribution in [0.25, 0.3) is 0 Å². The number of halogens is 2. The predicted molar refractivity (Wildman–Crippen MR) is 194 cm³/mol. The highest BCUT2D eigenvalue weighted by atomic mass is 35.5. The molecule has 4 aromatic carbocycles. The van der Waals surface area contributed by atoms with Gasteiger partial charge >= 0.3 is 0 Å². The Morgan fingerprint density at radius 3 is 2.22 bits per heavy atom. The number of benzene rings is 4. The molecule has 0 radical (unpaired) electrons. The maximum Gasteiger partial charge on any atom is 0.252 e. The number of aliphatic hydroxyl groups excluding tert-OH is 1. The first kappa shape index (κ1) is 37.8. The van der Waals surface area contributed by atoms with Crippen molar-refractivity contribution in [1.29, 1.82) is 0 Å². The van der Waals surface area contributed by atoms with Gasteiger partial charge in [0.05, 0.1) is 50.7 Å². The van der Waals surface area contributed by atoms with Gasteiger partial charge in [0.15, 0.2) is 21.5 Å². The number of hydrogen-bond acceptors (Lipinski definition) is 10. The van der Waals surface area contributed by atoms with E-state index >= 15 is 0 Å². The van der Waals surface area contributed by atoms with Crippen LogP contribution < -0.4 is 24.3 Å². The van der Waals surface area contributed by atoms with Gasteiger partial charge in [-0.05, 0) is 48.5 Å². The maximum atomic E-state index is 14.7. The summed E-state index contributed by atoms with van der Waals surface area (Å²) in [4.78, 5) is 19.8. The summed E-state index contributed by atoms with van der Waals surface area (Å²) in [6, 6.07) is 22.9. The molecule has 1 aliphatic rings. The summed E-state index contributed by atoms with van der Waals surface area (Å²) < 4.78 is 56.1. The molecule has 0 fully saturated rings. The standard InChI is InChI=1S/C37H38Cl2N2O9S/c1-46-27-21-32(47-2)30(33(22-27)48-3)23-40-36(43)37(16-19-51(44,45)28-8-5-4-6-9-28)34(29-15-12-25(38)20-31(29)39)50-35(41-37)24-10-13-26(14-11-24)49-18-7-17-42/h4-6,8-15,20-22,34,42H,7,16-19,23H2,1-3H3,(H,40,43)/t34-,37-/m1/s1. The van der Waals surface area contributed by atoms with Gasteiger partial charge in [-0.3, -0.25) is 4.79 Å². The second-order valence-electron chi connectivity index (χ2n) is 11.5. The Morgan fingerprint density at radius 2 is 1.61 bits per heavy atom. The number of ether oxygens (including phenoxy) is 5. The van der Waals surface area contributed by atoms with E-state index in [-0.39, 0.29) is 35.4 Å². The second kappa shape index (κ2) is 16.7. The lowest BCUT2D eigenvalue weighted by Crippen LogP contribution is -2.49. The summed E-state index contributed by atoms with van der Waals surface area (Å²) in [6.45, 7) is 0.251. The van der Waals surface area contributed by atoms with Crippen LogP contribution in [-0.4, -0.2) is 71.2 Å². The first-order valence-electron chi connectivity index (χ1n) is 16.0. The first-order chi connectivity index (χ1) is 24.5. The first-order valence-corrected chi connectivity index (χ1v) is 18.4. The third-order valence-corrected chi connectivity index (χ3v) is 10.7. The van der Waals surface area contributed by atoms with Crippen LogP contribution in [0.15, 0.2) is 94.8 Å². The van der Waals surface area contributed by atoms with Crippen molar-refractivity contribution in [2.75, 3.05) is 40.3 Å². The maximum absolute atomic E-state index is 14.7. The molecule has 2 N–H and O–H groups in total. The van der Waals surface area contributed by atoms with Crippen LogP contribution >= 0.6 is 23.2 Å². The summed E-state index contributed by atoms with van der Waals surface area (Å²) >= 11 is 13.0. The van der Waals surface area contributed by atoms with Crippen LogP contribution in [0.1, 0.15) is 35.6 Å². The fourth-order valence-electron chi connectivity index (χ4n) is 5.67. The fourth-order valence-corrected chi connectivity index (χ4v) is 7.57. The number of carbonyl (C=O) groups is 1. The molecule has 5 rings (SSSR count). The van der Waals surface area contributed by atoms with Gasteiger partial charge in [-0.2, -0.15) is 0 Å². The van der Waals surface area contributed by atoms with Crippen molar-refractivity contribution in [3.63, 3.8) is 0 Å². The van der Waals surface area contributed by atoms with Crippen molar-refractivity contribution in [3.05, 3.63) is 112 Å². The molecule has 270 valence electrons. The van der Waals surface area contributed by atoms with E-state index in [9.17, 15) is 13.2 Å². The highest BCUT2D eigenvalue weighted by Gasteiger charge is 2.54. The Hall–Kier alpha value is -4.49. The van der Waals surface area contributed by atoms with E-state index in [1.54, 1.807) is 66.7 Å². The molecule has 0 aromatic heterocycles. The molecule has 11 nitrogen and oxygen atoms in total. The van der Waals surface area contributed by atoms with E-state index in [0.29, 0.717) is 57.7 Å². The van der Waals surface area contributed by atoms with E-state index in [1.807, 2.05) is 0 Å². The monoisotopic (exact) mass is 756 g/mol. The van der Waals surface area contributed by atoms with Gasteiger partial charge in [-0.15, -0.1) is 0 Å². The van der Waals surface area contributed by atoms with Crippen LogP contribution in [0.2, 0.25) is 10.0 Å². The largest absolute Gasteiger partial charge is 0.496 e. The van der Waals surface area contributed by atoms with Crippen LogP contribution in [0.5, 0.6) is 23.0 Å². The summed E-state index contributed by atoms with van der Waals surface area (Å²) in [6.07, 6.45) is -0.968. The Balaban J connectivity index is 1.60. The zero-order chi connectivity index (χ0) is 36.6. The summed E-state index contributed by atoms with van der Waals surface area (Å²) in [5.74, 6) is 0.875.